The van der Waals surface area contributed by atoms with Crippen LogP contribution in [-0.4, -0.2) is 46.9 Å². The highest BCUT2D eigenvalue weighted by Crippen LogP contribution is 2.16. The molecule has 0 bridgehead atoms. The van der Waals surface area contributed by atoms with Gasteiger partial charge in [0.15, 0.2) is 0 Å². The molecule has 0 heterocycles. The van der Waals surface area contributed by atoms with Gasteiger partial charge in [0.1, 0.15) is 6.10 Å². The van der Waals surface area contributed by atoms with Crippen molar-refractivity contribution < 1.29 is 24.5 Å². The van der Waals surface area contributed by atoms with E-state index >= 15 is 0 Å². The summed E-state index contributed by atoms with van der Waals surface area (Å²) in [6, 6.07) is -0.727. The number of aliphatic hydroxyl groups excluding tert-OH is 2. The summed E-state index contributed by atoms with van der Waals surface area (Å²) in [6.45, 7) is 6.25. The van der Waals surface area contributed by atoms with Crippen molar-refractivity contribution in [1.82, 2.24) is 5.32 Å². The monoisotopic (exact) mass is 808 g/mol. The number of hydrogen-bond donors (Lipinski definition) is 3. The third kappa shape index (κ3) is 39.8. The Kier molecular flexibility index (Phi) is 42.8. The number of aliphatic hydroxyl groups is 2. The number of rotatable bonds is 41. The number of nitrogens with one attached hydrogen (secondary N) is 1. The van der Waals surface area contributed by atoms with Gasteiger partial charge in [0.05, 0.1) is 25.2 Å². The Morgan fingerprint density at radius 3 is 1.62 bits per heavy atom. The molecule has 1 amide bonds. The first kappa shape index (κ1) is 55.0. The Labute approximate surface area is 357 Å². The lowest BCUT2D eigenvalue weighted by Gasteiger charge is -2.24. The molecule has 0 aromatic carbocycles. The molecule has 6 nitrogen and oxygen atoms in total. The molecule has 6 heteroatoms. The van der Waals surface area contributed by atoms with Crippen LogP contribution in [0.25, 0.3) is 0 Å². The zero-order valence-corrected chi connectivity index (χ0v) is 37.6. The minimum absolute atomic E-state index is 0.0218. The predicted molar refractivity (Wildman–Crippen MR) is 250 cm³/mol. The molecule has 3 N–H and O–H groups in total. The number of unbranched alkanes of at least 4 members (excludes halogenated alkanes) is 18. The maximum atomic E-state index is 13.1. The van der Waals surface area contributed by atoms with Crippen LogP contribution in [0.1, 0.15) is 207 Å². The van der Waals surface area contributed by atoms with Crippen molar-refractivity contribution in [2.75, 3.05) is 6.61 Å². The third-order valence-corrected chi connectivity index (χ3v) is 10.3. The molecule has 0 aromatic heterocycles. The summed E-state index contributed by atoms with van der Waals surface area (Å²) in [7, 11) is 0. The van der Waals surface area contributed by atoms with Crippen LogP contribution in [0.4, 0.5) is 0 Å². The van der Waals surface area contributed by atoms with Gasteiger partial charge in [-0.3, -0.25) is 9.59 Å². The largest absolute Gasteiger partial charge is 0.462 e. The first-order valence-electron chi connectivity index (χ1n) is 23.9. The zero-order chi connectivity index (χ0) is 42.4. The fraction of sp³-hybridized carbons (Fsp3) is 0.692. The maximum Gasteiger partial charge on any atom is 0.306 e. The van der Waals surface area contributed by atoms with Gasteiger partial charge >= 0.3 is 5.97 Å². The number of hydrogen-bond acceptors (Lipinski definition) is 5. The van der Waals surface area contributed by atoms with Gasteiger partial charge < -0.3 is 20.3 Å². The molecule has 0 rings (SSSR count). The fourth-order valence-corrected chi connectivity index (χ4v) is 6.69. The third-order valence-electron chi connectivity index (χ3n) is 10.3. The summed E-state index contributed by atoms with van der Waals surface area (Å²) in [4.78, 5) is 26.0. The summed E-state index contributed by atoms with van der Waals surface area (Å²) in [5.74, 6) is -0.566. The maximum absolute atomic E-state index is 13.1. The normalized spacial score (nSPS) is 14.1. The highest BCUT2D eigenvalue weighted by molar-refractivity contribution is 5.77. The molecule has 0 spiro atoms. The first-order valence-corrected chi connectivity index (χ1v) is 23.9. The molecule has 0 aromatic rings. The minimum atomic E-state index is -0.809. The van der Waals surface area contributed by atoms with Gasteiger partial charge in [-0.1, -0.05) is 202 Å². The number of esters is 1. The van der Waals surface area contributed by atoms with Crippen LogP contribution in [0.2, 0.25) is 0 Å². The number of carbonyl (C=O) groups is 2. The van der Waals surface area contributed by atoms with Crippen LogP contribution in [0.5, 0.6) is 0 Å². The van der Waals surface area contributed by atoms with Gasteiger partial charge in [-0.25, -0.2) is 0 Å². The molecule has 0 radical (unpaired) electrons. The van der Waals surface area contributed by atoms with Crippen LogP contribution < -0.4 is 5.32 Å². The second-order valence-corrected chi connectivity index (χ2v) is 15.9. The molecule has 58 heavy (non-hydrogen) atoms. The summed E-state index contributed by atoms with van der Waals surface area (Å²) in [6.07, 6.45) is 58.0. The molecule has 0 aliphatic heterocycles. The van der Waals surface area contributed by atoms with Gasteiger partial charge in [-0.15, -0.1) is 0 Å². The molecule has 3 unspecified atom stereocenters. The van der Waals surface area contributed by atoms with Crippen LogP contribution in [0.15, 0.2) is 85.1 Å². The average molecular weight is 808 g/mol. The summed E-state index contributed by atoms with van der Waals surface area (Å²) < 4.78 is 5.86. The van der Waals surface area contributed by atoms with E-state index in [-0.39, 0.29) is 24.9 Å². The molecule has 3 atom stereocenters. The number of carbonyl (C=O) groups excluding carboxylic acids is 2. The van der Waals surface area contributed by atoms with Crippen LogP contribution in [-0.2, 0) is 14.3 Å². The topological polar surface area (TPSA) is 95.9 Å². The van der Waals surface area contributed by atoms with Crippen molar-refractivity contribution in [3.8, 4) is 0 Å². The molecular weight excluding hydrogens is 719 g/mol. The first-order chi connectivity index (χ1) is 28.5. The van der Waals surface area contributed by atoms with Gasteiger partial charge in [0.25, 0.3) is 0 Å². The van der Waals surface area contributed by atoms with E-state index < -0.39 is 18.2 Å². The van der Waals surface area contributed by atoms with E-state index in [1.807, 2.05) is 36.5 Å². The number of ether oxygens (including phenoxy) is 1. The quantitative estimate of drug-likeness (QED) is 0.0247. The highest BCUT2D eigenvalue weighted by atomic mass is 16.5. The van der Waals surface area contributed by atoms with Crippen molar-refractivity contribution in [2.24, 2.45) is 0 Å². The lowest BCUT2D eigenvalue weighted by atomic mass is 10.0. The summed E-state index contributed by atoms with van der Waals surface area (Å²) in [5, 5.41) is 23.6. The van der Waals surface area contributed by atoms with E-state index in [9.17, 15) is 19.8 Å². The number of amides is 1. The second kappa shape index (κ2) is 45.1. The minimum Gasteiger partial charge on any atom is -0.462 e. The van der Waals surface area contributed by atoms with E-state index in [1.165, 1.54) is 83.5 Å². The Hall–Kier alpha value is -2.96. The fourth-order valence-electron chi connectivity index (χ4n) is 6.69. The average Bonchev–Trinajstić information content (AvgIpc) is 3.22. The highest BCUT2D eigenvalue weighted by Gasteiger charge is 2.24. The molecule has 0 fully saturated rings. The standard InChI is InChI=1S/C52H89NO5/c1-4-7-10-13-16-19-21-22-23-24-25-26-27-28-30-33-36-39-42-45-52(57)58-48(43-40-37-34-32-29-20-17-14-11-8-5-2)46-51(56)53-49(47-54)50(55)44-41-38-35-31-18-15-12-9-6-3/h8,11,14,16-17,19-20,22-23,25-26,29,32,34,48-50,54-55H,4-7,9-10,12-13,15,18,21,24,27-28,30-31,33,35-47H2,1-3H3,(H,53,56)/b11-8+,17-14+,19-16-,23-22-,26-25-,29-20-,34-32-. The van der Waals surface area contributed by atoms with E-state index in [1.54, 1.807) is 0 Å². The summed E-state index contributed by atoms with van der Waals surface area (Å²) in [5.41, 5.74) is 0. The second-order valence-electron chi connectivity index (χ2n) is 15.9. The Morgan fingerprint density at radius 2 is 1.02 bits per heavy atom. The van der Waals surface area contributed by atoms with Crippen LogP contribution >= 0.6 is 0 Å². The number of allylic oxidation sites excluding steroid dienone is 14. The van der Waals surface area contributed by atoms with Crippen LogP contribution in [0, 0.1) is 0 Å². The van der Waals surface area contributed by atoms with E-state index in [2.05, 4.69) is 74.7 Å². The molecule has 0 saturated heterocycles. The smallest absolute Gasteiger partial charge is 0.306 e. The summed E-state index contributed by atoms with van der Waals surface area (Å²) >= 11 is 0. The van der Waals surface area contributed by atoms with Crippen LogP contribution in [0.3, 0.4) is 0 Å². The molecule has 0 aliphatic carbocycles. The molecule has 0 aliphatic rings. The Balaban J connectivity index is 4.62. The molecule has 332 valence electrons. The lowest BCUT2D eigenvalue weighted by molar-refractivity contribution is -0.151. The molecule has 0 saturated carbocycles. The predicted octanol–water partition coefficient (Wildman–Crippen LogP) is 14.0. The lowest BCUT2D eigenvalue weighted by Crippen LogP contribution is -2.46. The van der Waals surface area contributed by atoms with Crippen molar-refractivity contribution in [3.63, 3.8) is 0 Å². The Morgan fingerprint density at radius 1 is 0.534 bits per heavy atom. The van der Waals surface area contributed by atoms with Gasteiger partial charge in [0, 0.05) is 6.42 Å². The van der Waals surface area contributed by atoms with Crippen molar-refractivity contribution in [1.29, 1.82) is 0 Å². The SMILES string of the molecule is CC/C=C/C=C/C=C\C=C/CCCC(CC(=O)NC(CO)C(O)CCCCCCCCCCC)OC(=O)CCCCCCCC/C=C\C/C=C\C/C=C\CCCCC. The van der Waals surface area contributed by atoms with E-state index in [0.717, 1.165) is 77.0 Å². The van der Waals surface area contributed by atoms with Gasteiger partial charge in [0.2, 0.25) is 5.91 Å². The zero-order valence-electron chi connectivity index (χ0n) is 37.6. The Bertz CT molecular complexity index is 1130. The van der Waals surface area contributed by atoms with Crippen molar-refractivity contribution in [2.45, 2.75) is 225 Å². The van der Waals surface area contributed by atoms with Crippen molar-refractivity contribution in [3.05, 3.63) is 85.1 Å². The van der Waals surface area contributed by atoms with E-state index in [4.69, 9.17) is 4.74 Å². The molecular formula is C52H89NO5. The van der Waals surface area contributed by atoms with E-state index in [0.29, 0.717) is 19.3 Å². The van der Waals surface area contributed by atoms with Crippen molar-refractivity contribution >= 4 is 11.9 Å². The van der Waals surface area contributed by atoms with Gasteiger partial charge in [-0.2, -0.15) is 0 Å². The van der Waals surface area contributed by atoms with Gasteiger partial charge in [-0.05, 0) is 77.0 Å².